The number of aliphatic carboxylic acids is 1. The fraction of sp³-hybridized carbons (Fsp3) is 0.818. The second-order valence-corrected chi connectivity index (χ2v) is 4.28. The van der Waals surface area contributed by atoms with Gasteiger partial charge in [-0.05, 0) is 25.7 Å². The van der Waals surface area contributed by atoms with Crippen LogP contribution in [-0.2, 0) is 9.59 Å². The van der Waals surface area contributed by atoms with Crippen molar-refractivity contribution in [2.24, 2.45) is 11.3 Å². The molecule has 0 heterocycles. The fourth-order valence-electron chi connectivity index (χ4n) is 2.42. The van der Waals surface area contributed by atoms with E-state index in [2.05, 4.69) is 5.32 Å². The number of carbonyl (C=O) groups excluding carboxylic acids is 1. The Balaban J connectivity index is 2.95. The van der Waals surface area contributed by atoms with Crippen molar-refractivity contribution in [1.82, 2.24) is 5.32 Å². The molecule has 1 aliphatic carbocycles. The third kappa shape index (κ3) is 1.98. The van der Waals surface area contributed by atoms with Crippen molar-refractivity contribution in [2.45, 2.75) is 39.5 Å². The highest BCUT2D eigenvalue weighted by Gasteiger charge is 2.51. The number of carboxylic acid groups (broad SMARTS) is 1. The van der Waals surface area contributed by atoms with E-state index < -0.39 is 11.4 Å². The highest BCUT2D eigenvalue weighted by molar-refractivity contribution is 6.02. The van der Waals surface area contributed by atoms with Gasteiger partial charge in [-0.25, -0.2) is 0 Å². The van der Waals surface area contributed by atoms with Crippen molar-refractivity contribution in [3.8, 4) is 0 Å². The summed E-state index contributed by atoms with van der Waals surface area (Å²) in [5, 5.41) is 11.9. The van der Waals surface area contributed by atoms with Gasteiger partial charge in [-0.15, -0.1) is 0 Å². The normalized spacial score (nSPS) is 30.9. The number of rotatable bonds is 3. The molecule has 4 nitrogen and oxygen atoms in total. The van der Waals surface area contributed by atoms with Gasteiger partial charge in [0.2, 0.25) is 5.91 Å². The summed E-state index contributed by atoms with van der Waals surface area (Å²) in [6.45, 7) is 4.16. The number of carbonyl (C=O) groups is 2. The van der Waals surface area contributed by atoms with E-state index in [1.54, 1.807) is 6.92 Å². The van der Waals surface area contributed by atoms with Gasteiger partial charge in [-0.2, -0.15) is 0 Å². The molecule has 2 unspecified atom stereocenters. The highest BCUT2D eigenvalue weighted by Crippen LogP contribution is 2.41. The van der Waals surface area contributed by atoms with E-state index in [0.717, 1.165) is 19.3 Å². The van der Waals surface area contributed by atoms with Gasteiger partial charge in [0.1, 0.15) is 5.41 Å². The summed E-state index contributed by atoms with van der Waals surface area (Å²) in [7, 11) is 0. The molecule has 2 atom stereocenters. The minimum Gasteiger partial charge on any atom is -0.480 e. The lowest BCUT2D eigenvalue weighted by atomic mass is 9.66. The van der Waals surface area contributed by atoms with Gasteiger partial charge in [-0.3, -0.25) is 9.59 Å². The Morgan fingerprint density at radius 3 is 2.60 bits per heavy atom. The SMILES string of the molecule is CCNC(=O)C1(C(=O)O)CCCCC1C. The molecule has 2 N–H and O–H groups in total. The molecule has 1 amide bonds. The zero-order valence-corrected chi connectivity index (χ0v) is 9.38. The van der Waals surface area contributed by atoms with E-state index in [1.807, 2.05) is 6.92 Å². The van der Waals surface area contributed by atoms with Gasteiger partial charge in [0.25, 0.3) is 0 Å². The standard InChI is InChI=1S/C11H19NO3/c1-3-12-9(13)11(10(14)15)7-5-4-6-8(11)2/h8H,3-7H2,1-2H3,(H,12,13)(H,14,15). The van der Waals surface area contributed by atoms with E-state index >= 15 is 0 Å². The Hall–Kier alpha value is -1.06. The molecular formula is C11H19NO3. The van der Waals surface area contributed by atoms with Crippen LogP contribution < -0.4 is 5.32 Å². The first-order chi connectivity index (χ1) is 7.05. The van der Waals surface area contributed by atoms with Crippen LogP contribution >= 0.6 is 0 Å². The minimum absolute atomic E-state index is 0.0738. The van der Waals surface area contributed by atoms with Gasteiger partial charge in [0.05, 0.1) is 0 Å². The van der Waals surface area contributed by atoms with Crippen molar-refractivity contribution < 1.29 is 14.7 Å². The number of nitrogens with one attached hydrogen (secondary N) is 1. The summed E-state index contributed by atoms with van der Waals surface area (Å²) >= 11 is 0. The molecule has 0 aromatic rings. The van der Waals surface area contributed by atoms with E-state index in [-0.39, 0.29) is 11.8 Å². The second-order valence-electron chi connectivity index (χ2n) is 4.28. The van der Waals surface area contributed by atoms with Gasteiger partial charge < -0.3 is 10.4 Å². The first kappa shape index (κ1) is 12.0. The number of hydrogen-bond donors (Lipinski definition) is 2. The van der Waals surface area contributed by atoms with E-state index in [0.29, 0.717) is 13.0 Å². The first-order valence-electron chi connectivity index (χ1n) is 5.57. The second kappa shape index (κ2) is 4.64. The summed E-state index contributed by atoms with van der Waals surface area (Å²) in [6.07, 6.45) is 3.14. The fourth-order valence-corrected chi connectivity index (χ4v) is 2.42. The van der Waals surface area contributed by atoms with Crippen LogP contribution in [0.15, 0.2) is 0 Å². The molecular weight excluding hydrogens is 194 g/mol. The predicted octanol–water partition coefficient (Wildman–Crippen LogP) is 1.40. The van der Waals surface area contributed by atoms with Crippen molar-refractivity contribution in [2.75, 3.05) is 6.54 Å². The first-order valence-corrected chi connectivity index (χ1v) is 5.57. The third-order valence-electron chi connectivity index (χ3n) is 3.42. The molecule has 86 valence electrons. The predicted molar refractivity (Wildman–Crippen MR) is 56.4 cm³/mol. The molecule has 0 aliphatic heterocycles. The maximum atomic E-state index is 11.9. The molecule has 0 saturated heterocycles. The maximum Gasteiger partial charge on any atom is 0.319 e. The topological polar surface area (TPSA) is 66.4 Å². The summed E-state index contributed by atoms with van der Waals surface area (Å²) < 4.78 is 0. The highest BCUT2D eigenvalue weighted by atomic mass is 16.4. The monoisotopic (exact) mass is 213 g/mol. The van der Waals surface area contributed by atoms with Crippen LogP contribution in [0, 0.1) is 11.3 Å². The van der Waals surface area contributed by atoms with Gasteiger partial charge in [0, 0.05) is 6.54 Å². The Morgan fingerprint density at radius 1 is 1.47 bits per heavy atom. The summed E-state index contributed by atoms with van der Waals surface area (Å²) in [5.74, 6) is -1.36. The van der Waals surface area contributed by atoms with Crippen molar-refractivity contribution >= 4 is 11.9 Å². The van der Waals surface area contributed by atoms with Crippen molar-refractivity contribution in [3.05, 3.63) is 0 Å². The number of amides is 1. The molecule has 0 spiro atoms. The van der Waals surface area contributed by atoms with Gasteiger partial charge in [0.15, 0.2) is 0 Å². The molecule has 1 aliphatic rings. The molecule has 1 rings (SSSR count). The third-order valence-corrected chi connectivity index (χ3v) is 3.42. The zero-order valence-electron chi connectivity index (χ0n) is 9.38. The van der Waals surface area contributed by atoms with Crippen LogP contribution in [0.3, 0.4) is 0 Å². The summed E-state index contributed by atoms with van der Waals surface area (Å²) in [5.41, 5.74) is -1.19. The van der Waals surface area contributed by atoms with Crippen LogP contribution in [-0.4, -0.2) is 23.5 Å². The van der Waals surface area contributed by atoms with Crippen LogP contribution in [0.5, 0.6) is 0 Å². The number of carboxylic acids is 1. The lowest BCUT2D eigenvalue weighted by molar-refractivity contribution is -0.162. The van der Waals surface area contributed by atoms with Crippen LogP contribution in [0.25, 0.3) is 0 Å². The van der Waals surface area contributed by atoms with E-state index in [1.165, 1.54) is 0 Å². The van der Waals surface area contributed by atoms with E-state index in [4.69, 9.17) is 0 Å². The number of hydrogen-bond acceptors (Lipinski definition) is 2. The van der Waals surface area contributed by atoms with Crippen LogP contribution in [0.1, 0.15) is 39.5 Å². The van der Waals surface area contributed by atoms with Crippen LogP contribution in [0.2, 0.25) is 0 Å². The summed E-state index contributed by atoms with van der Waals surface area (Å²) in [6, 6.07) is 0. The van der Waals surface area contributed by atoms with Crippen LogP contribution in [0.4, 0.5) is 0 Å². The van der Waals surface area contributed by atoms with Gasteiger partial charge in [-0.1, -0.05) is 19.8 Å². The molecule has 0 bridgehead atoms. The lowest BCUT2D eigenvalue weighted by Crippen LogP contribution is -2.52. The largest absolute Gasteiger partial charge is 0.480 e. The Labute approximate surface area is 90.0 Å². The van der Waals surface area contributed by atoms with E-state index in [9.17, 15) is 14.7 Å². The summed E-state index contributed by atoms with van der Waals surface area (Å²) in [4.78, 5) is 23.2. The Morgan fingerprint density at radius 2 is 2.13 bits per heavy atom. The molecule has 1 saturated carbocycles. The smallest absolute Gasteiger partial charge is 0.319 e. The average molecular weight is 213 g/mol. The van der Waals surface area contributed by atoms with Crippen molar-refractivity contribution in [1.29, 1.82) is 0 Å². The average Bonchev–Trinajstić information content (AvgIpc) is 2.18. The Kier molecular flexibility index (Phi) is 3.72. The minimum atomic E-state index is -1.19. The lowest BCUT2D eigenvalue weighted by Gasteiger charge is -2.37. The van der Waals surface area contributed by atoms with Gasteiger partial charge >= 0.3 is 5.97 Å². The molecule has 1 fully saturated rings. The van der Waals surface area contributed by atoms with Crippen molar-refractivity contribution in [3.63, 3.8) is 0 Å². The molecule has 4 heteroatoms. The maximum absolute atomic E-state index is 11.9. The molecule has 0 aromatic heterocycles. The molecule has 0 radical (unpaired) electrons. The zero-order chi connectivity index (χ0) is 11.5. The Bertz CT molecular complexity index is 265. The quantitative estimate of drug-likeness (QED) is 0.696. The molecule has 15 heavy (non-hydrogen) atoms. The molecule has 0 aromatic carbocycles.